The zero-order valence-electron chi connectivity index (χ0n) is 4.24. The number of hydrogen-bond acceptors (Lipinski definition) is 3. The Bertz CT molecular complexity index is 183. The summed E-state index contributed by atoms with van der Waals surface area (Å²) in [6.45, 7) is -0.501. The van der Waals surface area contributed by atoms with Gasteiger partial charge >= 0.3 is 0 Å². The summed E-state index contributed by atoms with van der Waals surface area (Å²) in [5.41, 5.74) is 7.65. The molecule has 0 aromatic rings. The number of halogens is 1. The van der Waals surface area contributed by atoms with Crippen molar-refractivity contribution in [2.24, 2.45) is 5.11 Å². The van der Waals surface area contributed by atoms with E-state index in [1.165, 1.54) is 0 Å². The first kappa shape index (κ1) is 7.94. The van der Waals surface area contributed by atoms with E-state index >= 15 is 0 Å². The van der Waals surface area contributed by atoms with E-state index in [2.05, 4.69) is 10.0 Å². The highest BCUT2D eigenvalue weighted by Crippen LogP contribution is 1.83. The van der Waals surface area contributed by atoms with E-state index in [4.69, 9.17) is 17.1 Å². The molecule has 9 heavy (non-hydrogen) atoms. The van der Waals surface area contributed by atoms with Crippen molar-refractivity contribution in [2.45, 2.75) is 0 Å². The number of hydrogen-bond donors (Lipinski definition) is 0. The minimum Gasteiger partial charge on any atom is -0.289 e. The van der Waals surface area contributed by atoms with Crippen molar-refractivity contribution in [1.29, 1.82) is 0 Å². The van der Waals surface area contributed by atoms with Crippen LogP contribution in [0.4, 0.5) is 0 Å². The molecule has 0 aromatic carbocycles. The molecular formula is C3H2ClN3O2. The summed E-state index contributed by atoms with van der Waals surface area (Å²) >= 11 is 4.69. The molecule has 0 heterocycles. The lowest BCUT2D eigenvalue weighted by atomic mass is 10.4. The van der Waals surface area contributed by atoms with Gasteiger partial charge in [-0.25, -0.2) is 0 Å². The molecule has 0 radical (unpaired) electrons. The van der Waals surface area contributed by atoms with Crippen LogP contribution in [0.25, 0.3) is 10.4 Å². The lowest BCUT2D eigenvalue weighted by Crippen LogP contribution is -2.09. The first-order valence-electron chi connectivity index (χ1n) is 1.92. The molecule has 0 saturated heterocycles. The number of ketones is 1. The van der Waals surface area contributed by atoms with Crippen LogP contribution in [0, 0.1) is 0 Å². The molecule has 0 N–H and O–H groups in total. The number of azide groups is 1. The highest BCUT2D eigenvalue weighted by molar-refractivity contribution is 6.81. The lowest BCUT2D eigenvalue weighted by molar-refractivity contribution is -0.131. The summed E-state index contributed by atoms with van der Waals surface area (Å²) in [4.78, 5) is 22.3. The lowest BCUT2D eigenvalue weighted by Gasteiger charge is -1.80. The quantitative estimate of drug-likeness (QED) is 0.193. The first-order chi connectivity index (χ1) is 4.18. The van der Waals surface area contributed by atoms with Gasteiger partial charge in [-0.05, 0) is 17.1 Å². The van der Waals surface area contributed by atoms with Gasteiger partial charge in [0.1, 0.15) is 0 Å². The van der Waals surface area contributed by atoms with Gasteiger partial charge in [0, 0.05) is 4.91 Å². The molecule has 0 atom stereocenters. The van der Waals surface area contributed by atoms with E-state index in [0.29, 0.717) is 0 Å². The average molecular weight is 148 g/mol. The molecule has 0 unspecified atom stereocenters. The van der Waals surface area contributed by atoms with Crippen LogP contribution in [0.2, 0.25) is 0 Å². The predicted molar refractivity (Wildman–Crippen MR) is 29.9 cm³/mol. The largest absolute Gasteiger partial charge is 0.289 e. The van der Waals surface area contributed by atoms with Gasteiger partial charge in [0.2, 0.25) is 5.78 Å². The third kappa shape index (κ3) is 3.52. The van der Waals surface area contributed by atoms with Gasteiger partial charge in [0.25, 0.3) is 5.24 Å². The number of Topliss-reactive ketones (excluding diaryl/α,β-unsaturated/α-hetero) is 1. The van der Waals surface area contributed by atoms with E-state index in [-0.39, 0.29) is 0 Å². The highest BCUT2D eigenvalue weighted by atomic mass is 35.5. The summed E-state index contributed by atoms with van der Waals surface area (Å²) in [7, 11) is 0. The van der Waals surface area contributed by atoms with Crippen molar-refractivity contribution in [3.05, 3.63) is 10.4 Å². The molecule has 0 amide bonds. The van der Waals surface area contributed by atoms with E-state index in [1.807, 2.05) is 0 Å². The molecule has 48 valence electrons. The number of carbonyl (C=O) groups excluding carboxylic acids is 2. The molecule has 6 heteroatoms. The van der Waals surface area contributed by atoms with Crippen LogP contribution in [0.5, 0.6) is 0 Å². The van der Waals surface area contributed by atoms with E-state index < -0.39 is 17.6 Å². The van der Waals surface area contributed by atoms with Crippen molar-refractivity contribution in [3.8, 4) is 0 Å². The monoisotopic (exact) mass is 147 g/mol. The van der Waals surface area contributed by atoms with Crippen molar-refractivity contribution >= 4 is 22.6 Å². The van der Waals surface area contributed by atoms with Crippen molar-refractivity contribution < 1.29 is 9.59 Å². The molecule has 0 bridgehead atoms. The van der Waals surface area contributed by atoms with Crippen LogP contribution in [-0.2, 0) is 9.59 Å². The molecule has 0 aliphatic heterocycles. The Morgan fingerprint density at radius 1 is 1.67 bits per heavy atom. The zero-order valence-corrected chi connectivity index (χ0v) is 5.00. The maximum atomic E-state index is 10.2. The summed E-state index contributed by atoms with van der Waals surface area (Å²) < 4.78 is 0. The topological polar surface area (TPSA) is 82.9 Å². The molecule has 0 aliphatic rings. The Labute approximate surface area is 55.2 Å². The Kier molecular flexibility index (Phi) is 3.43. The zero-order chi connectivity index (χ0) is 7.28. The Hall–Kier alpha value is -1.06. The van der Waals surface area contributed by atoms with Gasteiger partial charge in [-0.15, -0.1) is 0 Å². The molecule has 5 nitrogen and oxygen atoms in total. The van der Waals surface area contributed by atoms with Gasteiger partial charge in [-0.2, -0.15) is 0 Å². The van der Waals surface area contributed by atoms with E-state index in [9.17, 15) is 9.59 Å². The fraction of sp³-hybridized carbons (Fsp3) is 0.333. The third-order valence-electron chi connectivity index (χ3n) is 0.497. The molecule has 0 spiro atoms. The van der Waals surface area contributed by atoms with Crippen LogP contribution in [0.1, 0.15) is 0 Å². The van der Waals surface area contributed by atoms with Crippen LogP contribution in [0.15, 0.2) is 5.11 Å². The van der Waals surface area contributed by atoms with Gasteiger partial charge in [-0.1, -0.05) is 5.11 Å². The normalized spacial score (nSPS) is 7.67. The fourth-order valence-corrected chi connectivity index (χ4v) is 0.218. The van der Waals surface area contributed by atoms with Crippen LogP contribution >= 0.6 is 11.6 Å². The third-order valence-corrected chi connectivity index (χ3v) is 0.708. The van der Waals surface area contributed by atoms with Gasteiger partial charge < -0.3 is 0 Å². The minimum atomic E-state index is -1.11. The average Bonchev–Trinajstić information content (AvgIpc) is 1.82. The molecule has 0 aromatic heterocycles. The predicted octanol–water partition coefficient (Wildman–Crippen LogP) is 0.631. The maximum absolute atomic E-state index is 10.2. The van der Waals surface area contributed by atoms with Gasteiger partial charge in [0.05, 0.1) is 6.54 Å². The van der Waals surface area contributed by atoms with Gasteiger partial charge in [0.15, 0.2) is 0 Å². The Balaban J connectivity index is 3.78. The second kappa shape index (κ2) is 3.88. The SMILES string of the molecule is [N-]=[N+]=NCC(=O)C(=O)Cl. The number of nitrogens with zero attached hydrogens (tertiary/aromatic N) is 3. The van der Waals surface area contributed by atoms with Crippen molar-refractivity contribution in [2.75, 3.05) is 6.54 Å². The van der Waals surface area contributed by atoms with Crippen molar-refractivity contribution in [3.63, 3.8) is 0 Å². The van der Waals surface area contributed by atoms with Crippen LogP contribution < -0.4 is 0 Å². The van der Waals surface area contributed by atoms with E-state index in [0.717, 1.165) is 0 Å². The van der Waals surface area contributed by atoms with Crippen LogP contribution in [-0.4, -0.2) is 17.6 Å². The Morgan fingerprint density at radius 3 is 2.56 bits per heavy atom. The molecule has 0 rings (SSSR count). The summed E-state index contributed by atoms with van der Waals surface area (Å²) in [6, 6.07) is 0. The summed E-state index contributed by atoms with van der Waals surface area (Å²) in [5.74, 6) is -0.894. The fourth-order valence-electron chi connectivity index (χ4n) is 0.158. The number of carbonyl (C=O) groups is 2. The Morgan fingerprint density at radius 2 is 2.22 bits per heavy atom. The second-order valence-corrected chi connectivity index (χ2v) is 1.43. The summed E-state index contributed by atoms with van der Waals surface area (Å²) in [5, 5.41) is 1.71. The molecule has 0 fully saturated rings. The van der Waals surface area contributed by atoms with Gasteiger partial charge in [-0.3, -0.25) is 9.59 Å². The molecule has 0 saturated carbocycles. The minimum absolute atomic E-state index is 0.501. The smallest absolute Gasteiger partial charge is 0.288 e. The van der Waals surface area contributed by atoms with Crippen molar-refractivity contribution in [1.82, 2.24) is 0 Å². The standard InChI is InChI=1S/C3H2ClN3O2/c4-3(9)2(8)1-6-7-5/h1H2. The second-order valence-electron chi connectivity index (χ2n) is 1.09. The first-order valence-corrected chi connectivity index (χ1v) is 2.29. The van der Waals surface area contributed by atoms with Crippen LogP contribution in [0.3, 0.4) is 0 Å². The maximum Gasteiger partial charge on any atom is 0.288 e. The summed E-state index contributed by atoms with van der Waals surface area (Å²) in [6.07, 6.45) is 0. The van der Waals surface area contributed by atoms with E-state index in [1.54, 1.807) is 0 Å². The molecule has 0 aliphatic carbocycles. The highest BCUT2D eigenvalue weighted by Gasteiger charge is 2.06. The number of rotatable bonds is 3. The molecular weight excluding hydrogens is 146 g/mol.